The van der Waals surface area contributed by atoms with E-state index in [1.54, 1.807) is 18.2 Å². The Bertz CT molecular complexity index is 1120. The van der Waals surface area contributed by atoms with Crippen LogP contribution in [0.1, 0.15) is 11.1 Å². The molecule has 0 bridgehead atoms. The molecule has 0 saturated carbocycles. The van der Waals surface area contributed by atoms with Crippen LogP contribution in [0.4, 0.5) is 0 Å². The van der Waals surface area contributed by atoms with Crippen molar-refractivity contribution in [3.05, 3.63) is 76.3 Å². The summed E-state index contributed by atoms with van der Waals surface area (Å²) in [6, 6.07) is 20.0. The molecule has 146 valence electrons. The lowest BCUT2D eigenvalue weighted by atomic mass is 10.0. The van der Waals surface area contributed by atoms with Gasteiger partial charge >= 0.3 is 0 Å². The zero-order chi connectivity index (χ0) is 20.2. The molecule has 1 aliphatic heterocycles. The van der Waals surface area contributed by atoms with Crippen LogP contribution in [0.2, 0.25) is 0 Å². The summed E-state index contributed by atoms with van der Waals surface area (Å²) in [5.41, 5.74) is 1.89. The maximum atomic E-state index is 12.4. The minimum atomic E-state index is 0.0388. The summed E-state index contributed by atoms with van der Waals surface area (Å²) in [6.45, 7) is 0.474. The molecule has 29 heavy (non-hydrogen) atoms. The second-order valence-electron chi connectivity index (χ2n) is 6.42. The number of rotatable bonds is 5. The van der Waals surface area contributed by atoms with Crippen LogP contribution in [0.5, 0.6) is 5.75 Å². The molecule has 0 aromatic heterocycles. The molecule has 0 aliphatic carbocycles. The highest BCUT2D eigenvalue weighted by molar-refractivity contribution is 9.10. The molecular formula is C22H18BrN3O2S. The maximum Gasteiger partial charge on any atom is 0.239 e. The molecule has 3 aromatic rings. The molecule has 0 spiro atoms. The molecule has 1 fully saturated rings. The fourth-order valence-corrected chi connectivity index (χ4v) is 4.39. The number of carbonyl (C=O) groups excluding carboxylic acids is 1. The quantitative estimate of drug-likeness (QED) is 0.388. The van der Waals surface area contributed by atoms with Crippen LogP contribution in [0.15, 0.2) is 75.3 Å². The van der Waals surface area contributed by atoms with Crippen molar-refractivity contribution in [2.75, 3.05) is 12.9 Å². The number of fused-ring (bicyclic) bond motifs is 1. The molecule has 1 amide bonds. The van der Waals surface area contributed by atoms with E-state index in [1.165, 1.54) is 11.8 Å². The third-order valence-corrected chi connectivity index (χ3v) is 6.04. The van der Waals surface area contributed by atoms with Crippen molar-refractivity contribution in [1.29, 1.82) is 0 Å². The van der Waals surface area contributed by atoms with E-state index in [9.17, 15) is 4.79 Å². The molecule has 1 saturated heterocycles. The first-order valence-electron chi connectivity index (χ1n) is 9.00. The lowest BCUT2D eigenvalue weighted by molar-refractivity contribution is -0.124. The number of ether oxygens (including phenoxy) is 1. The Hall–Kier alpha value is -2.64. The number of hydrogen-bond donors (Lipinski definition) is 0. The Morgan fingerprint density at radius 3 is 2.86 bits per heavy atom. The second kappa shape index (κ2) is 8.80. The van der Waals surface area contributed by atoms with Gasteiger partial charge in [-0.25, -0.2) is 0 Å². The third-order valence-electron chi connectivity index (χ3n) is 4.60. The smallest absolute Gasteiger partial charge is 0.239 e. The fraction of sp³-hybridized carbons (Fsp3) is 0.136. The number of halogens is 1. The highest BCUT2D eigenvalue weighted by Crippen LogP contribution is 2.26. The molecule has 0 N–H and O–H groups in total. The number of benzene rings is 3. The number of carbonyl (C=O) groups is 1. The van der Waals surface area contributed by atoms with Gasteiger partial charge in [0.05, 0.1) is 25.6 Å². The lowest BCUT2D eigenvalue weighted by Crippen LogP contribution is -2.28. The van der Waals surface area contributed by atoms with Gasteiger partial charge in [-0.1, -0.05) is 70.2 Å². The molecule has 1 heterocycles. The van der Waals surface area contributed by atoms with E-state index < -0.39 is 0 Å². The van der Waals surface area contributed by atoms with Crippen LogP contribution < -0.4 is 4.74 Å². The minimum absolute atomic E-state index is 0.0388. The van der Waals surface area contributed by atoms with Crippen molar-refractivity contribution in [3.63, 3.8) is 0 Å². The summed E-state index contributed by atoms with van der Waals surface area (Å²) < 4.78 is 6.28. The molecule has 1 aliphatic rings. The maximum absolute atomic E-state index is 12.4. The Balaban J connectivity index is 1.59. The van der Waals surface area contributed by atoms with Gasteiger partial charge in [-0.3, -0.25) is 9.69 Å². The third kappa shape index (κ3) is 4.36. The second-order valence-corrected chi connectivity index (χ2v) is 8.28. The van der Waals surface area contributed by atoms with Gasteiger partial charge in [-0.15, -0.1) is 5.10 Å². The van der Waals surface area contributed by atoms with Gasteiger partial charge in [0.25, 0.3) is 0 Å². The number of amides is 1. The average molecular weight is 468 g/mol. The normalized spacial score (nSPS) is 15.7. The Kier molecular flexibility index (Phi) is 5.97. The molecule has 4 rings (SSSR count). The molecule has 0 unspecified atom stereocenters. The van der Waals surface area contributed by atoms with E-state index in [0.29, 0.717) is 23.2 Å². The molecule has 0 atom stereocenters. The molecule has 5 nitrogen and oxygen atoms in total. The monoisotopic (exact) mass is 467 g/mol. The first kappa shape index (κ1) is 19.7. The van der Waals surface area contributed by atoms with E-state index in [1.807, 2.05) is 42.5 Å². The zero-order valence-electron chi connectivity index (χ0n) is 15.7. The summed E-state index contributed by atoms with van der Waals surface area (Å²) in [4.78, 5) is 14.1. The number of amidine groups is 1. The van der Waals surface area contributed by atoms with Gasteiger partial charge in [0.2, 0.25) is 5.91 Å². The number of thioether (sulfide) groups is 1. The summed E-state index contributed by atoms with van der Waals surface area (Å²) in [6.07, 6.45) is 1.63. The van der Waals surface area contributed by atoms with Crippen LogP contribution in [0.3, 0.4) is 0 Å². The zero-order valence-corrected chi connectivity index (χ0v) is 18.1. The molecule has 7 heteroatoms. The van der Waals surface area contributed by atoms with Crippen molar-refractivity contribution in [2.24, 2.45) is 10.2 Å². The first-order valence-corrected chi connectivity index (χ1v) is 10.8. The molecular weight excluding hydrogens is 450 g/mol. The number of nitrogens with zero attached hydrogens (tertiary/aromatic N) is 3. The minimum Gasteiger partial charge on any atom is -0.496 e. The van der Waals surface area contributed by atoms with E-state index in [0.717, 1.165) is 26.4 Å². The van der Waals surface area contributed by atoms with Crippen LogP contribution in [-0.2, 0) is 11.3 Å². The van der Waals surface area contributed by atoms with Crippen LogP contribution in [0.25, 0.3) is 10.8 Å². The van der Waals surface area contributed by atoms with Gasteiger partial charge in [0.15, 0.2) is 5.17 Å². The Morgan fingerprint density at radius 2 is 2.00 bits per heavy atom. The van der Waals surface area contributed by atoms with E-state index in [4.69, 9.17) is 4.74 Å². The summed E-state index contributed by atoms with van der Waals surface area (Å²) in [7, 11) is 1.61. The van der Waals surface area contributed by atoms with Crippen LogP contribution in [0, 0.1) is 0 Å². The van der Waals surface area contributed by atoms with Gasteiger partial charge in [0, 0.05) is 10.0 Å². The van der Waals surface area contributed by atoms with Crippen molar-refractivity contribution in [2.45, 2.75) is 6.54 Å². The Morgan fingerprint density at radius 1 is 1.17 bits per heavy atom. The summed E-state index contributed by atoms with van der Waals surface area (Å²) in [5, 5.41) is 11.4. The van der Waals surface area contributed by atoms with E-state index in [-0.39, 0.29) is 5.91 Å². The average Bonchev–Trinajstić information content (AvgIpc) is 3.08. The van der Waals surface area contributed by atoms with Gasteiger partial charge < -0.3 is 4.74 Å². The summed E-state index contributed by atoms with van der Waals surface area (Å²) in [5.74, 6) is 1.12. The van der Waals surface area contributed by atoms with Gasteiger partial charge in [-0.05, 0) is 34.5 Å². The summed E-state index contributed by atoms with van der Waals surface area (Å²) >= 11 is 4.85. The standard InChI is InChI=1S/C22H18BrN3O2S/c1-28-20-10-9-18(23)11-17(20)12-24-25-22-26(21(27)14-29-22)13-16-7-4-6-15-5-2-3-8-19(15)16/h2-12H,13-14H2,1H3/b24-12-,25-22+. The lowest BCUT2D eigenvalue weighted by Gasteiger charge is -2.16. The predicted molar refractivity (Wildman–Crippen MR) is 123 cm³/mol. The van der Waals surface area contributed by atoms with Crippen molar-refractivity contribution < 1.29 is 9.53 Å². The first-order chi connectivity index (χ1) is 14.2. The topological polar surface area (TPSA) is 54.3 Å². The Labute approximate surface area is 181 Å². The van der Waals surface area contributed by atoms with Gasteiger partial charge in [0.1, 0.15) is 5.75 Å². The van der Waals surface area contributed by atoms with Crippen molar-refractivity contribution >= 4 is 55.8 Å². The van der Waals surface area contributed by atoms with E-state index >= 15 is 0 Å². The van der Waals surface area contributed by atoms with Crippen LogP contribution >= 0.6 is 27.7 Å². The SMILES string of the molecule is COc1ccc(Br)cc1/C=N\N=C1\SCC(=O)N1Cc1cccc2ccccc12. The van der Waals surface area contributed by atoms with Crippen molar-refractivity contribution in [3.8, 4) is 5.75 Å². The highest BCUT2D eigenvalue weighted by Gasteiger charge is 2.28. The van der Waals surface area contributed by atoms with Crippen LogP contribution in [-0.4, -0.2) is 35.1 Å². The fourth-order valence-electron chi connectivity index (χ4n) is 3.17. The van der Waals surface area contributed by atoms with Gasteiger partial charge in [-0.2, -0.15) is 5.10 Å². The predicted octanol–water partition coefficient (Wildman–Crippen LogP) is 5.08. The highest BCUT2D eigenvalue weighted by atomic mass is 79.9. The number of methoxy groups -OCH3 is 1. The largest absolute Gasteiger partial charge is 0.496 e. The van der Waals surface area contributed by atoms with Crippen molar-refractivity contribution in [1.82, 2.24) is 4.90 Å². The molecule has 3 aromatic carbocycles. The molecule has 0 radical (unpaired) electrons. The van der Waals surface area contributed by atoms with E-state index in [2.05, 4.69) is 44.3 Å². The number of hydrogen-bond acceptors (Lipinski definition) is 5.